The Bertz CT molecular complexity index is 543. The van der Waals surface area contributed by atoms with Crippen LogP contribution in [0.2, 0.25) is 0 Å². The maximum Gasteiger partial charge on any atom is 0.119 e. The van der Waals surface area contributed by atoms with Crippen molar-refractivity contribution >= 4 is 0 Å². The van der Waals surface area contributed by atoms with Crippen LogP contribution >= 0.6 is 0 Å². The minimum absolute atomic E-state index is 0.170. The molecule has 1 aliphatic carbocycles. The predicted octanol–water partition coefficient (Wildman–Crippen LogP) is 2.27. The first-order valence-corrected chi connectivity index (χ1v) is 6.68. The molecule has 1 heterocycles. The standard InChI is InChI=1S/C15H19N3O/c1-16-15(12-9-17-18(2)10-12)11-3-5-13(6-4-11)19-14-7-8-14/h3-6,9-10,14-16H,7-8H2,1-2H3. The van der Waals surface area contributed by atoms with Gasteiger partial charge in [0, 0.05) is 18.8 Å². The molecule has 100 valence electrons. The monoisotopic (exact) mass is 257 g/mol. The summed E-state index contributed by atoms with van der Waals surface area (Å²) in [6, 6.07) is 8.50. The molecule has 0 aliphatic heterocycles. The summed E-state index contributed by atoms with van der Waals surface area (Å²) in [7, 11) is 3.90. The minimum Gasteiger partial charge on any atom is -0.490 e. The topological polar surface area (TPSA) is 39.1 Å². The molecule has 1 N–H and O–H groups in total. The maximum absolute atomic E-state index is 5.77. The molecule has 0 amide bonds. The first-order chi connectivity index (χ1) is 9.26. The Morgan fingerprint density at radius 2 is 2.00 bits per heavy atom. The number of hydrogen-bond donors (Lipinski definition) is 1. The van der Waals surface area contributed by atoms with E-state index in [2.05, 4.69) is 22.5 Å². The third-order valence-electron chi connectivity index (χ3n) is 3.39. The highest BCUT2D eigenvalue weighted by molar-refractivity contribution is 5.34. The molecule has 4 heteroatoms. The van der Waals surface area contributed by atoms with E-state index in [1.54, 1.807) is 0 Å². The molecule has 0 saturated heterocycles. The van der Waals surface area contributed by atoms with Gasteiger partial charge in [0.25, 0.3) is 0 Å². The van der Waals surface area contributed by atoms with Crippen molar-refractivity contribution < 1.29 is 4.74 Å². The molecule has 1 aromatic carbocycles. The lowest BCUT2D eigenvalue weighted by Crippen LogP contribution is -2.17. The molecule has 2 aromatic rings. The molecule has 1 fully saturated rings. The second-order valence-corrected chi connectivity index (χ2v) is 5.06. The fraction of sp³-hybridized carbons (Fsp3) is 0.400. The van der Waals surface area contributed by atoms with E-state index in [1.165, 1.54) is 24.0 Å². The van der Waals surface area contributed by atoms with Crippen LogP contribution in [0.1, 0.15) is 30.0 Å². The van der Waals surface area contributed by atoms with Gasteiger partial charge in [-0.05, 0) is 37.6 Å². The average Bonchev–Trinajstić information content (AvgIpc) is 3.13. The molecule has 1 aliphatic rings. The molecule has 0 spiro atoms. The molecule has 0 bridgehead atoms. The second kappa shape index (κ2) is 5.05. The zero-order valence-corrected chi connectivity index (χ0v) is 11.3. The summed E-state index contributed by atoms with van der Waals surface area (Å²) in [6.07, 6.45) is 6.77. The van der Waals surface area contributed by atoms with Crippen molar-refractivity contribution in [2.75, 3.05) is 7.05 Å². The second-order valence-electron chi connectivity index (χ2n) is 5.06. The summed E-state index contributed by atoms with van der Waals surface area (Å²) in [5.41, 5.74) is 2.39. The van der Waals surface area contributed by atoms with Gasteiger partial charge in [-0.1, -0.05) is 12.1 Å². The van der Waals surface area contributed by atoms with Crippen LogP contribution in [-0.2, 0) is 7.05 Å². The Morgan fingerprint density at radius 1 is 1.26 bits per heavy atom. The fourth-order valence-electron chi connectivity index (χ4n) is 2.23. The van der Waals surface area contributed by atoms with Crippen molar-refractivity contribution in [3.05, 3.63) is 47.8 Å². The van der Waals surface area contributed by atoms with Crippen molar-refractivity contribution in [2.45, 2.75) is 25.0 Å². The zero-order chi connectivity index (χ0) is 13.2. The predicted molar refractivity (Wildman–Crippen MR) is 74.2 cm³/mol. The summed E-state index contributed by atoms with van der Waals surface area (Å²) in [5, 5.41) is 7.55. The van der Waals surface area contributed by atoms with Crippen LogP contribution in [0, 0.1) is 0 Å². The van der Waals surface area contributed by atoms with Gasteiger partial charge in [0.05, 0.1) is 18.3 Å². The lowest BCUT2D eigenvalue weighted by molar-refractivity contribution is 0.303. The fourth-order valence-corrected chi connectivity index (χ4v) is 2.23. The van der Waals surface area contributed by atoms with Crippen LogP contribution in [-0.4, -0.2) is 22.9 Å². The lowest BCUT2D eigenvalue weighted by atomic mass is 10.0. The number of aryl methyl sites for hydroxylation is 1. The van der Waals surface area contributed by atoms with E-state index in [0.29, 0.717) is 6.10 Å². The van der Waals surface area contributed by atoms with Crippen molar-refractivity contribution in [1.82, 2.24) is 15.1 Å². The van der Waals surface area contributed by atoms with Gasteiger partial charge < -0.3 is 10.1 Å². The molecule has 1 aromatic heterocycles. The summed E-state index contributed by atoms with van der Waals surface area (Å²) >= 11 is 0. The molecule has 1 atom stereocenters. The van der Waals surface area contributed by atoms with Crippen molar-refractivity contribution in [2.24, 2.45) is 7.05 Å². The van der Waals surface area contributed by atoms with E-state index in [4.69, 9.17) is 4.74 Å². The number of hydrogen-bond acceptors (Lipinski definition) is 3. The molecular weight excluding hydrogens is 238 g/mol. The van der Waals surface area contributed by atoms with Gasteiger partial charge in [0.15, 0.2) is 0 Å². The summed E-state index contributed by atoms with van der Waals surface area (Å²) in [6.45, 7) is 0. The largest absolute Gasteiger partial charge is 0.490 e. The normalized spacial score (nSPS) is 16.3. The van der Waals surface area contributed by atoms with E-state index in [0.717, 1.165) is 5.75 Å². The van der Waals surface area contributed by atoms with Crippen LogP contribution in [0.4, 0.5) is 0 Å². The van der Waals surface area contributed by atoms with Crippen molar-refractivity contribution in [1.29, 1.82) is 0 Å². The van der Waals surface area contributed by atoms with Gasteiger partial charge in [-0.2, -0.15) is 5.10 Å². The third-order valence-corrected chi connectivity index (χ3v) is 3.39. The molecule has 4 nitrogen and oxygen atoms in total. The number of ether oxygens (including phenoxy) is 1. The number of nitrogens with one attached hydrogen (secondary N) is 1. The quantitative estimate of drug-likeness (QED) is 0.893. The van der Waals surface area contributed by atoms with Gasteiger partial charge in [0.1, 0.15) is 5.75 Å². The first kappa shape index (κ1) is 12.2. The van der Waals surface area contributed by atoms with E-state index >= 15 is 0 Å². The molecule has 1 unspecified atom stereocenters. The Labute approximate surface area is 113 Å². The Morgan fingerprint density at radius 3 is 2.53 bits per heavy atom. The van der Waals surface area contributed by atoms with Gasteiger partial charge in [-0.25, -0.2) is 0 Å². The van der Waals surface area contributed by atoms with Gasteiger partial charge in [-0.3, -0.25) is 4.68 Å². The van der Waals surface area contributed by atoms with Crippen molar-refractivity contribution in [3.8, 4) is 5.75 Å². The Hall–Kier alpha value is -1.81. The molecule has 19 heavy (non-hydrogen) atoms. The number of nitrogens with zero attached hydrogens (tertiary/aromatic N) is 2. The third kappa shape index (κ3) is 2.79. The molecule has 3 rings (SSSR count). The van der Waals surface area contributed by atoms with E-state index in [-0.39, 0.29) is 6.04 Å². The molecule has 0 radical (unpaired) electrons. The van der Waals surface area contributed by atoms with Crippen LogP contribution in [0.25, 0.3) is 0 Å². The summed E-state index contributed by atoms with van der Waals surface area (Å²) in [4.78, 5) is 0. The highest BCUT2D eigenvalue weighted by Gasteiger charge is 2.23. The molecule has 1 saturated carbocycles. The average molecular weight is 257 g/mol. The van der Waals surface area contributed by atoms with E-state index < -0.39 is 0 Å². The lowest BCUT2D eigenvalue weighted by Gasteiger charge is -2.15. The number of aromatic nitrogens is 2. The number of benzene rings is 1. The summed E-state index contributed by atoms with van der Waals surface area (Å²) in [5.74, 6) is 0.965. The first-order valence-electron chi connectivity index (χ1n) is 6.68. The highest BCUT2D eigenvalue weighted by Crippen LogP contribution is 2.28. The Balaban J connectivity index is 1.78. The smallest absolute Gasteiger partial charge is 0.119 e. The van der Waals surface area contributed by atoms with Gasteiger partial charge >= 0.3 is 0 Å². The van der Waals surface area contributed by atoms with Crippen LogP contribution in [0.15, 0.2) is 36.7 Å². The van der Waals surface area contributed by atoms with Crippen LogP contribution in [0.5, 0.6) is 5.75 Å². The minimum atomic E-state index is 0.170. The summed E-state index contributed by atoms with van der Waals surface area (Å²) < 4.78 is 7.59. The molecular formula is C15H19N3O. The van der Waals surface area contributed by atoms with Crippen LogP contribution in [0.3, 0.4) is 0 Å². The highest BCUT2D eigenvalue weighted by atomic mass is 16.5. The maximum atomic E-state index is 5.77. The van der Waals surface area contributed by atoms with Gasteiger partial charge in [0.2, 0.25) is 0 Å². The Kier molecular flexibility index (Phi) is 3.25. The van der Waals surface area contributed by atoms with E-state index in [1.807, 2.05) is 43.3 Å². The number of rotatable bonds is 5. The van der Waals surface area contributed by atoms with Crippen molar-refractivity contribution in [3.63, 3.8) is 0 Å². The SMILES string of the molecule is CNC(c1ccc(OC2CC2)cc1)c1cnn(C)c1. The zero-order valence-electron chi connectivity index (χ0n) is 11.3. The van der Waals surface area contributed by atoms with Crippen LogP contribution < -0.4 is 10.1 Å². The van der Waals surface area contributed by atoms with Gasteiger partial charge in [-0.15, -0.1) is 0 Å². The van der Waals surface area contributed by atoms with E-state index in [9.17, 15) is 0 Å².